The van der Waals surface area contributed by atoms with Gasteiger partial charge in [-0.05, 0) is 36.0 Å². The Kier molecular flexibility index (Phi) is 4.13. The Bertz CT molecular complexity index is 504. The second-order valence-electron chi connectivity index (χ2n) is 4.17. The highest BCUT2D eigenvalue weighted by atomic mass is 32.1. The molecule has 0 fully saturated rings. The van der Waals surface area contributed by atoms with Gasteiger partial charge in [0.2, 0.25) is 0 Å². The van der Waals surface area contributed by atoms with E-state index < -0.39 is 0 Å². The van der Waals surface area contributed by atoms with Crippen molar-refractivity contribution in [2.24, 2.45) is 0 Å². The molecule has 1 heterocycles. The van der Waals surface area contributed by atoms with E-state index in [1.165, 1.54) is 15.8 Å². The zero-order valence-corrected chi connectivity index (χ0v) is 11.2. The van der Waals surface area contributed by atoms with Crippen molar-refractivity contribution in [2.45, 2.75) is 33.2 Å². The van der Waals surface area contributed by atoms with Crippen molar-refractivity contribution in [3.8, 4) is 0 Å². The Morgan fingerprint density at radius 3 is 2.82 bits per heavy atom. The Balaban J connectivity index is 2.45. The fraction of sp³-hybridized carbons (Fsp3) is 0.429. The van der Waals surface area contributed by atoms with E-state index in [1.54, 1.807) is 23.5 Å². The summed E-state index contributed by atoms with van der Waals surface area (Å²) in [6.45, 7) is 6.15. The van der Waals surface area contributed by atoms with E-state index in [1.807, 2.05) is 6.07 Å². The predicted octanol–water partition coefficient (Wildman–Crippen LogP) is 4.10. The molecule has 3 heteroatoms. The molecule has 2 aromatic rings. The second-order valence-corrected chi connectivity index (χ2v) is 5.31. The van der Waals surface area contributed by atoms with Crippen LogP contribution in [-0.4, -0.2) is 6.54 Å². The van der Waals surface area contributed by atoms with Crippen molar-refractivity contribution in [1.29, 1.82) is 0 Å². The predicted molar refractivity (Wildman–Crippen MR) is 73.2 cm³/mol. The first-order chi connectivity index (χ1) is 8.26. The van der Waals surface area contributed by atoms with Crippen LogP contribution in [0.15, 0.2) is 18.2 Å². The van der Waals surface area contributed by atoms with Crippen LogP contribution in [-0.2, 0) is 13.0 Å². The third-order valence-corrected chi connectivity index (χ3v) is 4.07. The Hall–Kier alpha value is -0.930. The summed E-state index contributed by atoms with van der Waals surface area (Å²) < 4.78 is 14.3. The summed E-state index contributed by atoms with van der Waals surface area (Å²) >= 11 is 1.72. The van der Waals surface area contributed by atoms with Crippen molar-refractivity contribution in [1.82, 2.24) is 5.32 Å². The van der Waals surface area contributed by atoms with Crippen molar-refractivity contribution in [3.63, 3.8) is 0 Å². The molecular weight excluding hydrogens is 233 g/mol. The highest BCUT2D eigenvalue weighted by Crippen LogP contribution is 2.32. The fourth-order valence-corrected chi connectivity index (χ4v) is 3.33. The number of halogens is 1. The van der Waals surface area contributed by atoms with Crippen molar-refractivity contribution in [3.05, 3.63) is 34.5 Å². The van der Waals surface area contributed by atoms with Crippen LogP contribution in [0.1, 0.15) is 30.7 Å². The average Bonchev–Trinajstić information content (AvgIpc) is 2.64. The van der Waals surface area contributed by atoms with Gasteiger partial charge in [-0.1, -0.05) is 26.3 Å². The molecule has 1 aromatic carbocycles. The Labute approximate surface area is 106 Å². The number of rotatable bonds is 5. The molecule has 0 bridgehead atoms. The maximum atomic E-state index is 13.2. The van der Waals surface area contributed by atoms with Crippen LogP contribution in [0.2, 0.25) is 0 Å². The zero-order chi connectivity index (χ0) is 12.3. The summed E-state index contributed by atoms with van der Waals surface area (Å²) in [7, 11) is 0. The molecule has 17 heavy (non-hydrogen) atoms. The molecule has 0 unspecified atom stereocenters. The van der Waals surface area contributed by atoms with Gasteiger partial charge in [-0.15, -0.1) is 11.3 Å². The van der Waals surface area contributed by atoms with Gasteiger partial charge in [-0.25, -0.2) is 4.39 Å². The molecular formula is C14H18FNS. The van der Waals surface area contributed by atoms with Gasteiger partial charge in [0, 0.05) is 16.1 Å². The Morgan fingerprint density at radius 2 is 2.12 bits per heavy atom. The largest absolute Gasteiger partial charge is 0.312 e. The van der Waals surface area contributed by atoms with Gasteiger partial charge in [0.25, 0.3) is 0 Å². The van der Waals surface area contributed by atoms with E-state index in [0.29, 0.717) is 0 Å². The third kappa shape index (κ3) is 2.67. The number of benzene rings is 1. The smallest absolute Gasteiger partial charge is 0.124 e. The van der Waals surface area contributed by atoms with Crippen LogP contribution >= 0.6 is 11.3 Å². The summed E-state index contributed by atoms with van der Waals surface area (Å²) in [6.07, 6.45) is 2.20. The van der Waals surface area contributed by atoms with E-state index in [-0.39, 0.29) is 5.82 Å². The molecule has 0 amide bonds. The van der Waals surface area contributed by atoms with E-state index in [2.05, 4.69) is 19.2 Å². The van der Waals surface area contributed by atoms with E-state index >= 15 is 0 Å². The number of fused-ring (bicyclic) bond motifs is 1. The van der Waals surface area contributed by atoms with Crippen LogP contribution in [0.4, 0.5) is 4.39 Å². The first kappa shape index (κ1) is 12.5. The fourth-order valence-electron chi connectivity index (χ4n) is 2.08. The highest BCUT2D eigenvalue weighted by molar-refractivity contribution is 7.19. The number of hydrogen-bond donors (Lipinski definition) is 1. The molecule has 0 aliphatic carbocycles. The number of hydrogen-bond acceptors (Lipinski definition) is 2. The lowest BCUT2D eigenvalue weighted by Gasteiger charge is -2.03. The normalized spacial score (nSPS) is 11.2. The molecule has 1 nitrogen and oxygen atoms in total. The lowest BCUT2D eigenvalue weighted by atomic mass is 10.1. The molecule has 0 saturated carbocycles. The molecule has 0 spiro atoms. The summed E-state index contributed by atoms with van der Waals surface area (Å²) in [5.41, 5.74) is 1.40. The number of nitrogens with one attached hydrogen (secondary N) is 1. The van der Waals surface area contributed by atoms with Crippen LogP contribution < -0.4 is 5.32 Å². The minimum Gasteiger partial charge on any atom is -0.312 e. The first-order valence-corrected chi connectivity index (χ1v) is 6.98. The molecule has 1 aromatic heterocycles. The van der Waals surface area contributed by atoms with Crippen LogP contribution in [0.25, 0.3) is 10.1 Å². The number of aryl methyl sites for hydroxylation is 1. The molecule has 0 saturated heterocycles. The molecule has 2 rings (SSSR count). The average molecular weight is 251 g/mol. The summed E-state index contributed by atoms with van der Waals surface area (Å²) in [4.78, 5) is 1.36. The van der Waals surface area contributed by atoms with Crippen molar-refractivity contribution in [2.75, 3.05) is 6.54 Å². The van der Waals surface area contributed by atoms with Crippen LogP contribution in [0, 0.1) is 5.82 Å². The number of thiophene rings is 1. The van der Waals surface area contributed by atoms with Gasteiger partial charge in [0.05, 0.1) is 0 Å². The third-order valence-electron chi connectivity index (χ3n) is 2.87. The maximum Gasteiger partial charge on any atom is 0.124 e. The highest BCUT2D eigenvalue weighted by Gasteiger charge is 2.11. The van der Waals surface area contributed by atoms with Gasteiger partial charge in [0.1, 0.15) is 5.82 Å². The first-order valence-electron chi connectivity index (χ1n) is 6.16. The van der Waals surface area contributed by atoms with E-state index in [4.69, 9.17) is 0 Å². The van der Waals surface area contributed by atoms with Gasteiger partial charge >= 0.3 is 0 Å². The molecule has 1 N–H and O–H groups in total. The van der Waals surface area contributed by atoms with Gasteiger partial charge in [-0.3, -0.25) is 0 Å². The standard InChI is InChI=1S/C14H18FNS/c1-3-5-11-12-7-6-10(15)8-13(12)17-14(11)9-16-4-2/h6-8,16H,3-5,9H2,1-2H3. The Morgan fingerprint density at radius 1 is 1.29 bits per heavy atom. The van der Waals surface area contributed by atoms with Gasteiger partial charge in [-0.2, -0.15) is 0 Å². The van der Waals surface area contributed by atoms with E-state index in [0.717, 1.165) is 30.6 Å². The minimum absolute atomic E-state index is 0.142. The second kappa shape index (κ2) is 5.61. The molecule has 0 aliphatic rings. The summed E-state index contributed by atoms with van der Waals surface area (Å²) in [5, 5.41) is 4.58. The summed E-state index contributed by atoms with van der Waals surface area (Å²) in [6, 6.07) is 5.13. The lowest BCUT2D eigenvalue weighted by Crippen LogP contribution is -2.11. The van der Waals surface area contributed by atoms with E-state index in [9.17, 15) is 4.39 Å². The van der Waals surface area contributed by atoms with Crippen molar-refractivity contribution >= 4 is 21.4 Å². The topological polar surface area (TPSA) is 12.0 Å². The molecule has 0 aliphatic heterocycles. The van der Waals surface area contributed by atoms with Gasteiger partial charge in [0.15, 0.2) is 0 Å². The van der Waals surface area contributed by atoms with Crippen LogP contribution in [0.3, 0.4) is 0 Å². The summed E-state index contributed by atoms with van der Waals surface area (Å²) in [5.74, 6) is -0.142. The van der Waals surface area contributed by atoms with Crippen molar-refractivity contribution < 1.29 is 4.39 Å². The molecule has 92 valence electrons. The molecule has 0 radical (unpaired) electrons. The van der Waals surface area contributed by atoms with Crippen LogP contribution in [0.5, 0.6) is 0 Å². The van der Waals surface area contributed by atoms with Gasteiger partial charge < -0.3 is 5.32 Å². The maximum absolute atomic E-state index is 13.2. The monoisotopic (exact) mass is 251 g/mol. The minimum atomic E-state index is -0.142. The zero-order valence-electron chi connectivity index (χ0n) is 10.3. The lowest BCUT2D eigenvalue weighted by molar-refractivity contribution is 0.630. The molecule has 0 atom stereocenters. The quantitative estimate of drug-likeness (QED) is 0.843. The SMILES string of the molecule is CCCc1c(CNCC)sc2cc(F)ccc12.